The highest BCUT2D eigenvalue weighted by Crippen LogP contribution is 2.30. The van der Waals surface area contributed by atoms with Gasteiger partial charge in [-0.2, -0.15) is 0 Å². The summed E-state index contributed by atoms with van der Waals surface area (Å²) in [4.78, 5) is 14.5. The Morgan fingerprint density at radius 2 is 1.95 bits per heavy atom. The molecule has 2 N–H and O–H groups in total. The zero-order valence-electron chi connectivity index (χ0n) is 13.1. The first-order valence-electron chi connectivity index (χ1n) is 7.92. The molecule has 1 aromatic carbocycles. The summed E-state index contributed by atoms with van der Waals surface area (Å²) in [5.41, 5.74) is 0.773. The fourth-order valence-corrected chi connectivity index (χ4v) is 2.89. The van der Waals surface area contributed by atoms with E-state index in [1.807, 2.05) is 18.2 Å². The van der Waals surface area contributed by atoms with E-state index >= 15 is 0 Å². The second-order valence-electron chi connectivity index (χ2n) is 5.85. The first kappa shape index (κ1) is 16.0. The van der Waals surface area contributed by atoms with Crippen LogP contribution in [0.15, 0.2) is 24.3 Å². The molecule has 1 fully saturated rings. The maximum atomic E-state index is 12.2. The zero-order valence-corrected chi connectivity index (χ0v) is 13.1. The van der Waals surface area contributed by atoms with Crippen molar-refractivity contribution in [3.05, 3.63) is 29.8 Å². The van der Waals surface area contributed by atoms with Crippen LogP contribution in [-0.2, 0) is 11.3 Å². The Balaban J connectivity index is 2.02. The van der Waals surface area contributed by atoms with Gasteiger partial charge < -0.3 is 10.4 Å². The third kappa shape index (κ3) is 4.05. The van der Waals surface area contributed by atoms with Gasteiger partial charge in [0, 0.05) is 12.2 Å². The summed E-state index contributed by atoms with van der Waals surface area (Å²) in [6.07, 6.45) is 2.98. The molecule has 0 saturated heterocycles. The molecular formula is C17H26N2O2. The van der Waals surface area contributed by atoms with Gasteiger partial charge in [-0.25, -0.2) is 0 Å². The minimum Gasteiger partial charge on any atom is -0.380 e. The van der Waals surface area contributed by atoms with E-state index in [2.05, 4.69) is 30.1 Å². The number of hydrogen-bond acceptors (Lipinski definition) is 3. The molecule has 4 nitrogen and oxygen atoms in total. The Labute approximate surface area is 127 Å². The van der Waals surface area contributed by atoms with Crippen LogP contribution in [-0.4, -0.2) is 34.6 Å². The van der Waals surface area contributed by atoms with Crippen molar-refractivity contribution in [1.82, 2.24) is 4.90 Å². The van der Waals surface area contributed by atoms with Crippen LogP contribution < -0.4 is 5.32 Å². The summed E-state index contributed by atoms with van der Waals surface area (Å²) in [7, 11) is 0. The number of benzene rings is 1. The van der Waals surface area contributed by atoms with E-state index in [-0.39, 0.29) is 5.91 Å². The Kier molecular flexibility index (Phi) is 5.37. The van der Waals surface area contributed by atoms with Gasteiger partial charge in [-0.05, 0) is 56.5 Å². The first-order valence-corrected chi connectivity index (χ1v) is 7.92. The Morgan fingerprint density at radius 1 is 1.29 bits per heavy atom. The van der Waals surface area contributed by atoms with Crippen molar-refractivity contribution in [1.29, 1.82) is 0 Å². The number of amides is 1. The molecule has 1 saturated carbocycles. The van der Waals surface area contributed by atoms with Gasteiger partial charge in [0.15, 0.2) is 0 Å². The van der Waals surface area contributed by atoms with Crippen LogP contribution in [0.25, 0.3) is 0 Å². The quantitative estimate of drug-likeness (QED) is 0.847. The fourth-order valence-electron chi connectivity index (χ4n) is 2.89. The van der Waals surface area contributed by atoms with Crippen molar-refractivity contribution in [2.24, 2.45) is 0 Å². The normalized spacial score (nSPS) is 17.1. The molecule has 0 bridgehead atoms. The highest BCUT2D eigenvalue weighted by Gasteiger charge is 2.38. The third-order valence-corrected chi connectivity index (χ3v) is 4.34. The fraction of sp³-hybridized carbons (Fsp3) is 0.588. The number of carbonyl (C=O) groups is 1. The molecule has 0 atom stereocenters. The zero-order chi connectivity index (χ0) is 15.3. The van der Waals surface area contributed by atoms with Crippen molar-refractivity contribution in [3.8, 4) is 0 Å². The molecule has 0 unspecified atom stereocenters. The van der Waals surface area contributed by atoms with Crippen LogP contribution >= 0.6 is 0 Å². The standard InChI is InChI=1S/C17H26N2O2/c1-3-19(4-2)13-14-8-7-9-15(12-14)18-16(20)17(21)10-5-6-11-17/h7-9,12,21H,3-6,10-11,13H2,1-2H3,(H,18,20). The van der Waals surface area contributed by atoms with Gasteiger partial charge >= 0.3 is 0 Å². The number of anilines is 1. The molecule has 0 aromatic heterocycles. The Morgan fingerprint density at radius 3 is 2.57 bits per heavy atom. The molecule has 0 aliphatic heterocycles. The maximum Gasteiger partial charge on any atom is 0.256 e. The Bertz CT molecular complexity index is 477. The number of nitrogens with one attached hydrogen (secondary N) is 1. The molecule has 0 radical (unpaired) electrons. The monoisotopic (exact) mass is 290 g/mol. The smallest absolute Gasteiger partial charge is 0.256 e. The van der Waals surface area contributed by atoms with E-state index in [9.17, 15) is 9.90 Å². The number of nitrogens with zero attached hydrogens (tertiary/aromatic N) is 1. The summed E-state index contributed by atoms with van der Waals surface area (Å²) in [5.74, 6) is -0.264. The summed E-state index contributed by atoms with van der Waals surface area (Å²) >= 11 is 0. The summed E-state index contributed by atoms with van der Waals surface area (Å²) in [6, 6.07) is 7.89. The second kappa shape index (κ2) is 7.05. The molecule has 1 amide bonds. The second-order valence-corrected chi connectivity index (χ2v) is 5.85. The average molecular weight is 290 g/mol. The van der Waals surface area contributed by atoms with Crippen LogP contribution in [0, 0.1) is 0 Å². The van der Waals surface area contributed by atoms with Crippen LogP contribution in [0.2, 0.25) is 0 Å². The summed E-state index contributed by atoms with van der Waals surface area (Å²) in [5, 5.41) is 13.2. The van der Waals surface area contributed by atoms with Crippen molar-refractivity contribution < 1.29 is 9.90 Å². The lowest BCUT2D eigenvalue weighted by atomic mass is 10.0. The van der Waals surface area contributed by atoms with E-state index < -0.39 is 5.60 Å². The number of rotatable bonds is 6. The maximum absolute atomic E-state index is 12.2. The van der Waals surface area contributed by atoms with Crippen molar-refractivity contribution in [2.75, 3.05) is 18.4 Å². The van der Waals surface area contributed by atoms with Gasteiger partial charge in [0.1, 0.15) is 5.60 Å². The highest BCUT2D eigenvalue weighted by molar-refractivity contribution is 5.97. The van der Waals surface area contributed by atoms with Crippen molar-refractivity contribution >= 4 is 11.6 Å². The van der Waals surface area contributed by atoms with Crippen molar-refractivity contribution in [2.45, 2.75) is 51.7 Å². The summed E-state index contributed by atoms with van der Waals surface area (Å²) < 4.78 is 0. The third-order valence-electron chi connectivity index (χ3n) is 4.34. The molecule has 116 valence electrons. The summed E-state index contributed by atoms with van der Waals surface area (Å²) in [6.45, 7) is 7.18. The number of carbonyl (C=O) groups excluding carboxylic acids is 1. The van der Waals surface area contributed by atoms with E-state index in [1.165, 1.54) is 5.56 Å². The highest BCUT2D eigenvalue weighted by atomic mass is 16.3. The molecule has 1 aromatic rings. The van der Waals surface area contributed by atoms with Gasteiger partial charge in [-0.15, -0.1) is 0 Å². The average Bonchev–Trinajstić information content (AvgIpc) is 2.93. The minimum atomic E-state index is -1.17. The lowest BCUT2D eigenvalue weighted by Crippen LogP contribution is -2.40. The van der Waals surface area contributed by atoms with Crippen LogP contribution in [0.4, 0.5) is 5.69 Å². The van der Waals surface area contributed by atoms with E-state index in [1.54, 1.807) is 0 Å². The van der Waals surface area contributed by atoms with Gasteiger partial charge in [-0.1, -0.05) is 26.0 Å². The van der Waals surface area contributed by atoms with Gasteiger partial charge in [0.05, 0.1) is 0 Å². The van der Waals surface area contributed by atoms with E-state index in [0.29, 0.717) is 12.8 Å². The van der Waals surface area contributed by atoms with Crippen LogP contribution in [0.3, 0.4) is 0 Å². The van der Waals surface area contributed by atoms with E-state index in [4.69, 9.17) is 0 Å². The minimum absolute atomic E-state index is 0.264. The van der Waals surface area contributed by atoms with Crippen LogP contribution in [0.1, 0.15) is 45.1 Å². The van der Waals surface area contributed by atoms with E-state index in [0.717, 1.165) is 38.2 Å². The lowest BCUT2D eigenvalue weighted by Gasteiger charge is -2.22. The predicted octanol–water partition coefficient (Wildman–Crippen LogP) is 2.77. The molecule has 0 spiro atoms. The molecular weight excluding hydrogens is 264 g/mol. The molecule has 2 rings (SSSR count). The van der Waals surface area contributed by atoms with Gasteiger partial charge in [0.2, 0.25) is 0 Å². The largest absolute Gasteiger partial charge is 0.380 e. The van der Waals surface area contributed by atoms with Gasteiger partial charge in [-0.3, -0.25) is 9.69 Å². The molecule has 4 heteroatoms. The topological polar surface area (TPSA) is 52.6 Å². The van der Waals surface area contributed by atoms with Gasteiger partial charge in [0.25, 0.3) is 5.91 Å². The predicted molar refractivity (Wildman–Crippen MR) is 85.1 cm³/mol. The van der Waals surface area contributed by atoms with Crippen LogP contribution in [0.5, 0.6) is 0 Å². The molecule has 1 aliphatic rings. The molecule has 21 heavy (non-hydrogen) atoms. The molecule has 1 aliphatic carbocycles. The Hall–Kier alpha value is -1.39. The lowest BCUT2D eigenvalue weighted by molar-refractivity contribution is -0.133. The van der Waals surface area contributed by atoms with Crippen molar-refractivity contribution in [3.63, 3.8) is 0 Å². The first-order chi connectivity index (χ1) is 10.1. The molecule has 0 heterocycles. The SMILES string of the molecule is CCN(CC)Cc1cccc(NC(=O)C2(O)CCCC2)c1. The number of hydrogen-bond donors (Lipinski definition) is 2. The number of aliphatic hydroxyl groups is 1.